The van der Waals surface area contributed by atoms with Gasteiger partial charge in [0.15, 0.2) is 24.9 Å². The lowest BCUT2D eigenvalue weighted by atomic mass is 9.85. The quantitative estimate of drug-likeness (QED) is 0.161. The van der Waals surface area contributed by atoms with Gasteiger partial charge in [-0.25, -0.2) is 4.79 Å². The van der Waals surface area contributed by atoms with Crippen molar-refractivity contribution in [2.24, 2.45) is 10.8 Å². The number of methoxy groups -OCH3 is 2. The molecular formula is C33H63N3O7Si2. The first-order valence-electron chi connectivity index (χ1n) is 16.1. The van der Waals surface area contributed by atoms with Gasteiger partial charge in [0.1, 0.15) is 11.5 Å². The van der Waals surface area contributed by atoms with Crippen molar-refractivity contribution < 1.29 is 32.7 Å². The average Bonchev–Trinajstić information content (AvgIpc) is 2.88. The van der Waals surface area contributed by atoms with E-state index in [1.165, 1.54) is 0 Å². The maximum atomic E-state index is 13.8. The number of carbonyl (C=O) groups is 2. The standard InChI is InChI=1S/C33H63N3O7Si2/c1-31(2,3)24-18-23(40-11)19-25(29(24)41-22-39-10)35-30(38)34-17-16-28(37)36(20-26(32(4,5)6)42-44(12)13)21-27(33(7,8)9)43-45(14)15/h18-19,26-27,44-45H,16-17,20-22H2,1-15H3,(H2,34,35,38). The van der Waals surface area contributed by atoms with Crippen LogP contribution in [0.1, 0.15) is 74.3 Å². The van der Waals surface area contributed by atoms with Gasteiger partial charge in [0.25, 0.3) is 0 Å². The monoisotopic (exact) mass is 669 g/mol. The number of ether oxygens (including phenoxy) is 3. The summed E-state index contributed by atoms with van der Waals surface area (Å²) in [6.07, 6.45) is -0.0913. The van der Waals surface area contributed by atoms with Crippen LogP contribution in [-0.4, -0.2) is 87.8 Å². The zero-order chi connectivity index (χ0) is 34.8. The molecule has 2 atom stereocenters. The second kappa shape index (κ2) is 17.7. The highest BCUT2D eigenvalue weighted by Gasteiger charge is 2.34. The topological polar surface area (TPSA) is 108 Å². The number of nitrogens with one attached hydrogen (secondary N) is 2. The molecule has 1 rings (SSSR count). The smallest absolute Gasteiger partial charge is 0.319 e. The maximum Gasteiger partial charge on any atom is 0.319 e. The molecule has 2 unspecified atom stereocenters. The molecule has 1 aromatic carbocycles. The third-order valence-electron chi connectivity index (χ3n) is 7.23. The fraction of sp³-hybridized carbons (Fsp3) is 0.758. The summed E-state index contributed by atoms with van der Waals surface area (Å²) >= 11 is 0. The minimum atomic E-state index is -1.37. The van der Waals surface area contributed by atoms with Crippen molar-refractivity contribution in [3.63, 3.8) is 0 Å². The number of hydrogen-bond donors (Lipinski definition) is 2. The molecule has 2 N–H and O–H groups in total. The number of benzene rings is 1. The van der Waals surface area contributed by atoms with Crippen LogP contribution in [0.2, 0.25) is 26.2 Å². The molecule has 12 heteroatoms. The minimum Gasteiger partial charge on any atom is -0.497 e. The van der Waals surface area contributed by atoms with Crippen molar-refractivity contribution in [3.05, 3.63) is 17.7 Å². The van der Waals surface area contributed by atoms with Gasteiger partial charge >= 0.3 is 6.03 Å². The summed E-state index contributed by atoms with van der Waals surface area (Å²) in [6, 6.07) is 3.16. The first-order chi connectivity index (χ1) is 20.6. The van der Waals surface area contributed by atoms with Crippen molar-refractivity contribution >= 4 is 35.7 Å². The van der Waals surface area contributed by atoms with E-state index < -0.39 is 24.1 Å². The van der Waals surface area contributed by atoms with E-state index in [0.717, 1.165) is 5.56 Å². The summed E-state index contributed by atoms with van der Waals surface area (Å²) in [6.45, 7) is 28.8. The Labute approximate surface area is 276 Å². The predicted octanol–water partition coefficient (Wildman–Crippen LogP) is 6.15. The zero-order valence-electron chi connectivity index (χ0n) is 30.8. The number of anilines is 1. The molecule has 3 amide bonds. The third-order valence-corrected chi connectivity index (χ3v) is 8.98. The Morgan fingerprint density at radius 1 is 0.844 bits per heavy atom. The van der Waals surface area contributed by atoms with Crippen LogP contribution < -0.4 is 20.1 Å². The summed E-state index contributed by atoms with van der Waals surface area (Å²) in [4.78, 5) is 28.8. The molecule has 0 aliphatic heterocycles. The fourth-order valence-electron chi connectivity index (χ4n) is 4.63. The number of carbonyl (C=O) groups excluding carboxylic acids is 2. The highest BCUT2D eigenvalue weighted by atomic mass is 28.3. The van der Waals surface area contributed by atoms with Gasteiger partial charge in [-0.3, -0.25) is 4.79 Å². The van der Waals surface area contributed by atoms with Gasteiger partial charge in [0, 0.05) is 44.8 Å². The molecule has 0 aromatic heterocycles. The van der Waals surface area contributed by atoms with Gasteiger partial charge in [0.05, 0.1) is 25.0 Å². The fourth-order valence-corrected chi connectivity index (χ4v) is 6.93. The van der Waals surface area contributed by atoms with Crippen molar-refractivity contribution in [1.29, 1.82) is 0 Å². The lowest BCUT2D eigenvalue weighted by Crippen LogP contribution is -2.51. The van der Waals surface area contributed by atoms with Gasteiger partial charge in [0.2, 0.25) is 5.91 Å². The Hall–Kier alpha value is -2.13. The predicted molar refractivity (Wildman–Crippen MR) is 189 cm³/mol. The van der Waals surface area contributed by atoms with E-state index in [1.807, 2.05) is 11.0 Å². The van der Waals surface area contributed by atoms with E-state index in [1.54, 1.807) is 20.3 Å². The zero-order valence-corrected chi connectivity index (χ0v) is 33.1. The highest BCUT2D eigenvalue weighted by Crippen LogP contribution is 2.40. The summed E-state index contributed by atoms with van der Waals surface area (Å²) in [7, 11) is 0.385. The molecule has 0 fully saturated rings. The van der Waals surface area contributed by atoms with Gasteiger partial charge < -0.3 is 38.6 Å². The van der Waals surface area contributed by atoms with E-state index >= 15 is 0 Å². The SMILES string of the molecule is COCOc1c(NC(=O)NCCC(=O)N(CC(O[SiH](C)C)C(C)(C)C)CC(O[SiH](C)C)C(C)(C)C)cc(OC)cc1C(C)(C)C. The lowest BCUT2D eigenvalue weighted by Gasteiger charge is -2.41. The molecule has 0 spiro atoms. The summed E-state index contributed by atoms with van der Waals surface area (Å²) < 4.78 is 29.4. The van der Waals surface area contributed by atoms with E-state index in [9.17, 15) is 9.59 Å². The van der Waals surface area contributed by atoms with Crippen molar-refractivity contribution in [2.45, 2.75) is 113 Å². The average molecular weight is 670 g/mol. The Morgan fingerprint density at radius 3 is 1.76 bits per heavy atom. The molecule has 0 heterocycles. The molecule has 10 nitrogen and oxygen atoms in total. The largest absolute Gasteiger partial charge is 0.497 e. The molecule has 0 aliphatic carbocycles. The molecule has 0 saturated heterocycles. The van der Waals surface area contributed by atoms with Crippen molar-refractivity contribution in [3.8, 4) is 11.5 Å². The van der Waals surface area contributed by atoms with Crippen LogP contribution >= 0.6 is 0 Å². The number of rotatable bonds is 16. The van der Waals surface area contributed by atoms with Gasteiger partial charge in [-0.15, -0.1) is 0 Å². The van der Waals surface area contributed by atoms with Crippen molar-refractivity contribution in [2.75, 3.05) is 46.0 Å². The molecule has 0 saturated carbocycles. The van der Waals surface area contributed by atoms with Gasteiger partial charge in [-0.1, -0.05) is 62.3 Å². The second-order valence-electron chi connectivity index (χ2n) is 15.4. The molecule has 1 aromatic rings. The first-order valence-corrected chi connectivity index (χ1v) is 21.6. The molecule has 0 bridgehead atoms. The van der Waals surface area contributed by atoms with E-state index in [-0.39, 0.29) is 54.1 Å². The first kappa shape index (κ1) is 40.9. The number of hydrogen-bond acceptors (Lipinski definition) is 7. The summed E-state index contributed by atoms with van der Waals surface area (Å²) in [5.74, 6) is 1.04. The maximum absolute atomic E-state index is 13.8. The lowest BCUT2D eigenvalue weighted by molar-refractivity contribution is -0.135. The van der Waals surface area contributed by atoms with E-state index in [2.05, 4.69) is 99.1 Å². The van der Waals surface area contributed by atoms with Crippen LogP contribution in [0.5, 0.6) is 11.5 Å². The molecule has 0 radical (unpaired) electrons. The third kappa shape index (κ3) is 14.5. The second-order valence-corrected chi connectivity index (χ2v) is 20.1. The van der Waals surface area contributed by atoms with Crippen LogP contribution in [0.4, 0.5) is 10.5 Å². The van der Waals surface area contributed by atoms with Crippen molar-refractivity contribution in [1.82, 2.24) is 10.2 Å². The van der Waals surface area contributed by atoms with Crippen LogP contribution in [-0.2, 0) is 23.8 Å². The molecule has 0 aliphatic rings. The number of nitrogens with zero attached hydrogens (tertiary/aromatic N) is 1. The van der Waals surface area contributed by atoms with E-state index in [4.69, 9.17) is 23.1 Å². The minimum absolute atomic E-state index is 0.0210. The molecule has 45 heavy (non-hydrogen) atoms. The van der Waals surface area contributed by atoms with Crippen LogP contribution in [0.15, 0.2) is 12.1 Å². The normalized spacial score (nSPS) is 13.9. The van der Waals surface area contributed by atoms with Gasteiger partial charge in [-0.2, -0.15) is 0 Å². The van der Waals surface area contributed by atoms with Crippen LogP contribution in [0, 0.1) is 10.8 Å². The summed E-state index contributed by atoms with van der Waals surface area (Å²) in [5, 5.41) is 5.74. The number of urea groups is 1. The Kier molecular flexibility index (Phi) is 16.1. The van der Waals surface area contributed by atoms with E-state index in [0.29, 0.717) is 30.3 Å². The van der Waals surface area contributed by atoms with Crippen LogP contribution in [0.3, 0.4) is 0 Å². The number of amides is 3. The summed E-state index contributed by atoms with van der Waals surface area (Å²) in [5.41, 5.74) is 0.724. The van der Waals surface area contributed by atoms with Gasteiger partial charge in [-0.05, 0) is 48.5 Å². The Bertz CT molecular complexity index is 1050. The molecule has 260 valence electrons. The Morgan fingerprint density at radius 2 is 1.36 bits per heavy atom. The van der Waals surface area contributed by atoms with Crippen LogP contribution in [0.25, 0.3) is 0 Å². The highest BCUT2D eigenvalue weighted by molar-refractivity contribution is 6.48. The Balaban J connectivity index is 3.19. The molecular weight excluding hydrogens is 607 g/mol.